The van der Waals surface area contributed by atoms with Crippen molar-refractivity contribution in [3.63, 3.8) is 0 Å². The summed E-state index contributed by atoms with van der Waals surface area (Å²) in [5.74, 6) is 0.760. The fraction of sp³-hybridized carbons (Fsp3) is 0.647. The van der Waals surface area contributed by atoms with Crippen LogP contribution in [0.3, 0.4) is 0 Å². The number of likely N-dealkylation sites (tertiary alicyclic amines) is 1. The standard InChI is InChI=1S/C17H26ClNO2/c1-12-9-16(7-8-17(12)18)21-11-15(20)10-19-13(2)5-4-6-14(19)3/h7-9,13-15,20H,4-6,10-11H2,1-3H3/t13-,14+,15-/m0/s1. The zero-order valence-electron chi connectivity index (χ0n) is 13.2. The Hall–Kier alpha value is -0.770. The van der Waals surface area contributed by atoms with E-state index in [2.05, 4.69) is 18.7 Å². The number of hydrogen-bond donors (Lipinski definition) is 1. The van der Waals surface area contributed by atoms with Gasteiger partial charge in [0.15, 0.2) is 0 Å². The van der Waals surface area contributed by atoms with Crippen LogP contribution >= 0.6 is 11.6 Å². The number of β-amino-alcohol motifs (C(OH)–C–C–N with tert-alkyl or cyclic N) is 1. The number of rotatable bonds is 5. The Labute approximate surface area is 132 Å². The number of halogens is 1. The van der Waals surface area contributed by atoms with E-state index in [1.54, 1.807) is 0 Å². The first kappa shape index (κ1) is 16.6. The van der Waals surface area contributed by atoms with Gasteiger partial charge in [-0.15, -0.1) is 0 Å². The summed E-state index contributed by atoms with van der Waals surface area (Å²) < 4.78 is 5.68. The predicted molar refractivity (Wildman–Crippen MR) is 87.2 cm³/mol. The van der Waals surface area contributed by atoms with Gasteiger partial charge in [0.05, 0.1) is 0 Å². The van der Waals surface area contributed by atoms with Crippen molar-refractivity contribution in [3.05, 3.63) is 28.8 Å². The van der Waals surface area contributed by atoms with E-state index in [4.69, 9.17) is 16.3 Å². The van der Waals surface area contributed by atoms with Gasteiger partial charge in [-0.05, 0) is 57.4 Å². The molecule has 118 valence electrons. The van der Waals surface area contributed by atoms with E-state index in [1.807, 2.05) is 25.1 Å². The van der Waals surface area contributed by atoms with Gasteiger partial charge in [-0.1, -0.05) is 18.0 Å². The highest BCUT2D eigenvalue weighted by molar-refractivity contribution is 6.31. The molecule has 0 spiro atoms. The van der Waals surface area contributed by atoms with Gasteiger partial charge < -0.3 is 9.84 Å². The molecule has 3 atom stereocenters. The third-order valence-corrected chi connectivity index (χ3v) is 4.79. The maximum absolute atomic E-state index is 10.2. The van der Waals surface area contributed by atoms with Crippen LogP contribution in [-0.2, 0) is 0 Å². The minimum Gasteiger partial charge on any atom is -0.491 e. The predicted octanol–water partition coefficient (Wildman–Crippen LogP) is 3.65. The van der Waals surface area contributed by atoms with E-state index in [1.165, 1.54) is 19.3 Å². The molecule has 0 radical (unpaired) electrons. The van der Waals surface area contributed by atoms with Crippen LogP contribution in [0.25, 0.3) is 0 Å². The van der Waals surface area contributed by atoms with E-state index in [0.717, 1.165) is 16.3 Å². The molecule has 0 amide bonds. The van der Waals surface area contributed by atoms with Crippen molar-refractivity contribution in [1.29, 1.82) is 0 Å². The summed E-state index contributed by atoms with van der Waals surface area (Å²) in [5, 5.41) is 11.0. The van der Waals surface area contributed by atoms with Crippen LogP contribution in [0.4, 0.5) is 0 Å². The number of aliphatic hydroxyl groups excluding tert-OH is 1. The highest BCUT2D eigenvalue weighted by Gasteiger charge is 2.26. The van der Waals surface area contributed by atoms with Gasteiger partial charge >= 0.3 is 0 Å². The van der Waals surface area contributed by atoms with Crippen molar-refractivity contribution in [2.75, 3.05) is 13.2 Å². The maximum atomic E-state index is 10.2. The molecule has 4 heteroatoms. The van der Waals surface area contributed by atoms with Crippen LogP contribution in [0.1, 0.15) is 38.7 Å². The largest absolute Gasteiger partial charge is 0.491 e. The summed E-state index contributed by atoms with van der Waals surface area (Å²) in [6.45, 7) is 7.42. The molecule has 2 rings (SSSR count). The van der Waals surface area contributed by atoms with E-state index in [9.17, 15) is 5.11 Å². The Bertz CT molecular complexity index is 456. The van der Waals surface area contributed by atoms with Crippen molar-refractivity contribution < 1.29 is 9.84 Å². The lowest BCUT2D eigenvalue weighted by Crippen LogP contribution is -2.48. The Balaban J connectivity index is 1.83. The number of nitrogens with zero attached hydrogens (tertiary/aromatic N) is 1. The third-order valence-electron chi connectivity index (χ3n) is 4.37. The van der Waals surface area contributed by atoms with E-state index in [0.29, 0.717) is 25.2 Å². The lowest BCUT2D eigenvalue weighted by Gasteiger charge is -2.40. The molecule has 1 heterocycles. The Morgan fingerprint density at radius 3 is 2.62 bits per heavy atom. The van der Waals surface area contributed by atoms with Crippen LogP contribution in [0.15, 0.2) is 18.2 Å². The minimum atomic E-state index is -0.469. The zero-order valence-corrected chi connectivity index (χ0v) is 13.9. The van der Waals surface area contributed by atoms with Crippen molar-refractivity contribution in [1.82, 2.24) is 4.90 Å². The summed E-state index contributed by atoms with van der Waals surface area (Å²) in [6.07, 6.45) is 3.25. The van der Waals surface area contributed by atoms with Crippen LogP contribution in [0.5, 0.6) is 5.75 Å². The van der Waals surface area contributed by atoms with Gasteiger partial charge in [0, 0.05) is 23.7 Å². The number of hydrogen-bond acceptors (Lipinski definition) is 3. The Kier molecular flexibility index (Phi) is 5.91. The average molecular weight is 312 g/mol. The van der Waals surface area contributed by atoms with E-state index >= 15 is 0 Å². The van der Waals surface area contributed by atoms with Crippen LogP contribution in [-0.4, -0.2) is 41.3 Å². The summed E-state index contributed by atoms with van der Waals surface area (Å²) in [7, 11) is 0. The molecule has 1 N–H and O–H groups in total. The SMILES string of the molecule is Cc1cc(OC[C@@H](O)CN2[C@H](C)CCC[C@@H]2C)ccc1Cl. The van der Waals surface area contributed by atoms with Gasteiger partial charge in [0.1, 0.15) is 18.5 Å². The van der Waals surface area contributed by atoms with Crippen LogP contribution in [0, 0.1) is 6.92 Å². The second-order valence-corrected chi connectivity index (χ2v) is 6.61. The van der Waals surface area contributed by atoms with Crippen molar-refractivity contribution in [3.8, 4) is 5.75 Å². The van der Waals surface area contributed by atoms with Crippen molar-refractivity contribution in [2.24, 2.45) is 0 Å². The molecule has 0 aliphatic carbocycles. The average Bonchev–Trinajstić information content (AvgIpc) is 2.44. The molecule has 1 aromatic rings. The maximum Gasteiger partial charge on any atom is 0.119 e. The topological polar surface area (TPSA) is 32.7 Å². The number of aryl methyl sites for hydroxylation is 1. The molecule has 0 saturated carbocycles. The van der Waals surface area contributed by atoms with Gasteiger partial charge in [0.2, 0.25) is 0 Å². The van der Waals surface area contributed by atoms with E-state index < -0.39 is 6.10 Å². The number of piperidine rings is 1. The molecule has 1 fully saturated rings. The van der Waals surface area contributed by atoms with E-state index in [-0.39, 0.29) is 0 Å². The van der Waals surface area contributed by atoms with Crippen molar-refractivity contribution in [2.45, 2.75) is 58.2 Å². The number of benzene rings is 1. The van der Waals surface area contributed by atoms with Crippen LogP contribution in [0.2, 0.25) is 5.02 Å². The molecule has 1 saturated heterocycles. The van der Waals surface area contributed by atoms with Crippen LogP contribution < -0.4 is 4.74 Å². The first-order chi connectivity index (χ1) is 9.97. The first-order valence-electron chi connectivity index (χ1n) is 7.80. The summed E-state index contributed by atoms with van der Waals surface area (Å²) in [4.78, 5) is 2.39. The molecule has 1 aromatic carbocycles. The van der Waals surface area contributed by atoms with Gasteiger partial charge in [-0.25, -0.2) is 0 Å². The third kappa shape index (κ3) is 4.60. The molecular formula is C17H26ClNO2. The molecule has 1 aliphatic heterocycles. The van der Waals surface area contributed by atoms with Gasteiger partial charge in [-0.3, -0.25) is 4.90 Å². The Morgan fingerprint density at radius 1 is 1.33 bits per heavy atom. The summed E-state index contributed by atoms with van der Waals surface area (Å²) in [5.41, 5.74) is 0.988. The molecule has 0 aromatic heterocycles. The summed E-state index contributed by atoms with van der Waals surface area (Å²) in [6, 6.07) is 6.66. The number of ether oxygens (including phenoxy) is 1. The lowest BCUT2D eigenvalue weighted by atomic mass is 9.97. The van der Waals surface area contributed by atoms with Crippen molar-refractivity contribution >= 4 is 11.6 Å². The summed E-state index contributed by atoms with van der Waals surface area (Å²) >= 11 is 5.99. The molecule has 1 aliphatic rings. The molecule has 0 unspecified atom stereocenters. The lowest BCUT2D eigenvalue weighted by molar-refractivity contribution is 0.0209. The molecule has 3 nitrogen and oxygen atoms in total. The highest BCUT2D eigenvalue weighted by atomic mass is 35.5. The quantitative estimate of drug-likeness (QED) is 0.901. The number of aliphatic hydroxyl groups is 1. The van der Waals surface area contributed by atoms with Gasteiger partial charge in [0.25, 0.3) is 0 Å². The fourth-order valence-electron chi connectivity index (χ4n) is 3.03. The first-order valence-corrected chi connectivity index (χ1v) is 8.18. The normalized spacial score (nSPS) is 24.8. The van der Waals surface area contributed by atoms with Gasteiger partial charge in [-0.2, -0.15) is 0 Å². The zero-order chi connectivity index (χ0) is 15.4. The Morgan fingerprint density at radius 2 is 2.00 bits per heavy atom. The molecule has 21 heavy (non-hydrogen) atoms. The second kappa shape index (κ2) is 7.48. The fourth-order valence-corrected chi connectivity index (χ4v) is 3.15. The molecular weight excluding hydrogens is 286 g/mol. The highest BCUT2D eigenvalue weighted by Crippen LogP contribution is 2.23. The minimum absolute atomic E-state index is 0.316. The monoisotopic (exact) mass is 311 g/mol. The smallest absolute Gasteiger partial charge is 0.119 e. The second-order valence-electron chi connectivity index (χ2n) is 6.20. The molecule has 0 bridgehead atoms.